The number of ether oxygens (including phenoxy) is 2. The van der Waals surface area contributed by atoms with Gasteiger partial charge < -0.3 is 14.0 Å². The van der Waals surface area contributed by atoms with Crippen molar-refractivity contribution in [3.63, 3.8) is 0 Å². The van der Waals surface area contributed by atoms with E-state index in [2.05, 4.69) is 5.32 Å². The third kappa shape index (κ3) is 3.43. The Hall–Kier alpha value is -4.04. The topological polar surface area (TPSA) is 89.9 Å². The van der Waals surface area contributed by atoms with Gasteiger partial charge in [0.1, 0.15) is 5.57 Å². The summed E-state index contributed by atoms with van der Waals surface area (Å²) in [5.74, 6) is -0.544. The SMILES string of the molecule is Cc1c(Cl)cccc1-n1c(C)cc(/C=C2\C(=O)NC(=O)N(c3ccc4c(c3)OCO4)C2=O)c1C. The average Bonchev–Trinajstić information content (AvgIpc) is 3.36. The van der Waals surface area contributed by atoms with Crippen molar-refractivity contribution in [3.8, 4) is 17.2 Å². The molecule has 0 spiro atoms. The summed E-state index contributed by atoms with van der Waals surface area (Å²) >= 11 is 6.32. The monoisotopic (exact) mass is 477 g/mol. The van der Waals surface area contributed by atoms with E-state index in [0.29, 0.717) is 22.1 Å². The maximum atomic E-state index is 13.3. The molecule has 0 saturated carbocycles. The molecule has 0 bridgehead atoms. The number of rotatable bonds is 3. The van der Waals surface area contributed by atoms with E-state index in [-0.39, 0.29) is 18.1 Å². The standard InChI is InChI=1S/C25H20ClN3O5/c1-13-9-16(15(3)28(13)20-6-4-5-19(26)14(20)2)10-18-23(30)27-25(32)29(24(18)31)17-7-8-21-22(11-17)34-12-33-21/h4-11H,12H2,1-3H3,(H,27,30,32)/b18-10+. The highest BCUT2D eigenvalue weighted by molar-refractivity contribution is 6.39. The molecule has 0 aliphatic carbocycles. The lowest BCUT2D eigenvalue weighted by Gasteiger charge is -2.26. The number of imide groups is 2. The van der Waals surface area contributed by atoms with Crippen molar-refractivity contribution in [1.29, 1.82) is 0 Å². The smallest absolute Gasteiger partial charge is 0.335 e. The first-order chi connectivity index (χ1) is 16.3. The molecule has 1 fully saturated rings. The molecule has 3 aromatic rings. The van der Waals surface area contributed by atoms with Crippen LogP contribution >= 0.6 is 11.6 Å². The van der Waals surface area contributed by atoms with Gasteiger partial charge in [0.15, 0.2) is 11.5 Å². The Kier molecular flexibility index (Phi) is 5.17. The highest BCUT2D eigenvalue weighted by Crippen LogP contribution is 2.36. The van der Waals surface area contributed by atoms with Crippen molar-refractivity contribution in [2.24, 2.45) is 0 Å². The molecule has 4 amide bonds. The van der Waals surface area contributed by atoms with Gasteiger partial charge in [-0.15, -0.1) is 0 Å². The van der Waals surface area contributed by atoms with Crippen LogP contribution in [0.2, 0.25) is 5.02 Å². The van der Waals surface area contributed by atoms with E-state index in [4.69, 9.17) is 21.1 Å². The zero-order valence-electron chi connectivity index (χ0n) is 18.6. The van der Waals surface area contributed by atoms with Gasteiger partial charge in [-0.3, -0.25) is 14.9 Å². The normalized spacial score (nSPS) is 16.4. The maximum Gasteiger partial charge on any atom is 0.335 e. The molecule has 3 heterocycles. The number of carbonyl (C=O) groups excluding carboxylic acids is 3. The fraction of sp³-hybridized carbons (Fsp3) is 0.160. The van der Waals surface area contributed by atoms with E-state index in [1.165, 1.54) is 12.1 Å². The molecule has 5 rings (SSSR count). The van der Waals surface area contributed by atoms with Crippen molar-refractivity contribution < 1.29 is 23.9 Å². The van der Waals surface area contributed by atoms with Crippen molar-refractivity contribution in [2.75, 3.05) is 11.7 Å². The molecule has 0 unspecified atom stereocenters. The lowest BCUT2D eigenvalue weighted by atomic mass is 10.1. The van der Waals surface area contributed by atoms with E-state index >= 15 is 0 Å². The third-order valence-electron chi connectivity index (χ3n) is 5.97. The van der Waals surface area contributed by atoms with Gasteiger partial charge in [0.05, 0.1) is 5.69 Å². The van der Waals surface area contributed by atoms with Crippen LogP contribution in [0.25, 0.3) is 11.8 Å². The number of aromatic nitrogens is 1. The fourth-order valence-electron chi connectivity index (χ4n) is 4.21. The van der Waals surface area contributed by atoms with E-state index in [1.807, 2.05) is 49.6 Å². The first-order valence-electron chi connectivity index (χ1n) is 10.5. The van der Waals surface area contributed by atoms with Crippen molar-refractivity contribution in [3.05, 3.63) is 75.6 Å². The van der Waals surface area contributed by atoms with Gasteiger partial charge in [0, 0.05) is 28.2 Å². The van der Waals surface area contributed by atoms with Gasteiger partial charge in [-0.05, 0) is 68.3 Å². The minimum atomic E-state index is -0.828. The molecule has 1 aromatic heterocycles. The summed E-state index contributed by atoms with van der Waals surface area (Å²) in [6.45, 7) is 5.82. The summed E-state index contributed by atoms with van der Waals surface area (Å²) in [5, 5.41) is 2.89. The predicted octanol–water partition coefficient (Wildman–Crippen LogP) is 4.45. The second kappa shape index (κ2) is 8.07. The number of fused-ring (bicyclic) bond motifs is 1. The molecule has 9 heteroatoms. The lowest BCUT2D eigenvalue weighted by Crippen LogP contribution is -2.54. The van der Waals surface area contributed by atoms with Crippen LogP contribution in [0.3, 0.4) is 0 Å². The second-order valence-electron chi connectivity index (χ2n) is 8.04. The van der Waals surface area contributed by atoms with Gasteiger partial charge in [0.25, 0.3) is 11.8 Å². The number of urea groups is 1. The number of nitrogens with zero attached hydrogens (tertiary/aromatic N) is 2. The number of hydrogen-bond acceptors (Lipinski definition) is 5. The number of nitrogens with one attached hydrogen (secondary N) is 1. The molecule has 1 saturated heterocycles. The van der Waals surface area contributed by atoms with Crippen LogP contribution in [0.5, 0.6) is 11.5 Å². The average molecular weight is 478 g/mol. The predicted molar refractivity (Wildman–Crippen MR) is 127 cm³/mol. The van der Waals surface area contributed by atoms with Gasteiger partial charge in [0.2, 0.25) is 6.79 Å². The summed E-state index contributed by atoms with van der Waals surface area (Å²) in [6.07, 6.45) is 1.50. The number of hydrogen-bond donors (Lipinski definition) is 1. The van der Waals surface area contributed by atoms with Crippen molar-refractivity contribution in [2.45, 2.75) is 20.8 Å². The third-order valence-corrected chi connectivity index (χ3v) is 6.38. The second-order valence-corrected chi connectivity index (χ2v) is 8.45. The van der Waals surface area contributed by atoms with Crippen LogP contribution in [0, 0.1) is 20.8 Å². The van der Waals surface area contributed by atoms with Gasteiger partial charge in [-0.1, -0.05) is 17.7 Å². The highest BCUT2D eigenvalue weighted by Gasteiger charge is 2.37. The molecule has 2 aliphatic rings. The van der Waals surface area contributed by atoms with Gasteiger partial charge in [-0.2, -0.15) is 0 Å². The molecule has 172 valence electrons. The number of anilines is 1. The zero-order chi connectivity index (χ0) is 24.1. The molecular weight excluding hydrogens is 458 g/mol. The number of amides is 4. The van der Waals surface area contributed by atoms with Crippen LogP contribution in [0.4, 0.5) is 10.5 Å². The summed E-state index contributed by atoms with van der Waals surface area (Å²) < 4.78 is 12.7. The minimum absolute atomic E-state index is 0.0598. The van der Waals surface area contributed by atoms with E-state index < -0.39 is 17.8 Å². The van der Waals surface area contributed by atoms with Crippen LogP contribution < -0.4 is 19.7 Å². The molecule has 0 radical (unpaired) electrons. The van der Waals surface area contributed by atoms with Crippen molar-refractivity contribution >= 4 is 41.2 Å². The number of halogens is 1. The molecule has 0 atom stereocenters. The van der Waals surface area contributed by atoms with E-state index in [9.17, 15) is 14.4 Å². The number of benzene rings is 2. The fourth-order valence-corrected chi connectivity index (χ4v) is 4.38. The van der Waals surface area contributed by atoms with Crippen LogP contribution in [-0.4, -0.2) is 29.2 Å². The summed E-state index contributed by atoms with van der Waals surface area (Å²) in [4.78, 5) is 39.4. The maximum absolute atomic E-state index is 13.3. The zero-order valence-corrected chi connectivity index (χ0v) is 19.4. The highest BCUT2D eigenvalue weighted by atomic mass is 35.5. The lowest BCUT2D eigenvalue weighted by molar-refractivity contribution is -0.122. The Balaban J connectivity index is 1.56. The molecule has 34 heavy (non-hydrogen) atoms. The summed E-state index contributed by atoms with van der Waals surface area (Å²) in [6, 6.07) is 11.4. The first kappa shape index (κ1) is 21.8. The molecule has 1 N–H and O–H groups in total. The summed E-state index contributed by atoms with van der Waals surface area (Å²) in [5.41, 5.74) is 4.34. The first-order valence-corrected chi connectivity index (χ1v) is 10.9. The van der Waals surface area contributed by atoms with Crippen LogP contribution in [0.1, 0.15) is 22.5 Å². The number of aryl methyl sites for hydroxylation is 1. The Morgan fingerprint density at radius 1 is 1.00 bits per heavy atom. The number of carbonyl (C=O) groups is 3. The van der Waals surface area contributed by atoms with Gasteiger partial charge in [-0.25, -0.2) is 9.69 Å². The molecule has 2 aromatic carbocycles. The number of barbiturate groups is 1. The van der Waals surface area contributed by atoms with Crippen LogP contribution in [0.15, 0.2) is 48.0 Å². The molecular formula is C25H20ClN3O5. The minimum Gasteiger partial charge on any atom is -0.454 e. The molecule has 8 nitrogen and oxygen atoms in total. The Labute approximate surface area is 200 Å². The Morgan fingerprint density at radius 2 is 1.76 bits per heavy atom. The largest absolute Gasteiger partial charge is 0.454 e. The Morgan fingerprint density at radius 3 is 2.56 bits per heavy atom. The van der Waals surface area contributed by atoms with E-state index in [0.717, 1.165) is 27.5 Å². The summed E-state index contributed by atoms with van der Waals surface area (Å²) in [7, 11) is 0. The van der Waals surface area contributed by atoms with Crippen molar-refractivity contribution in [1.82, 2.24) is 9.88 Å². The van der Waals surface area contributed by atoms with Crippen LogP contribution in [-0.2, 0) is 9.59 Å². The quantitative estimate of drug-likeness (QED) is 0.444. The Bertz CT molecular complexity index is 1420. The van der Waals surface area contributed by atoms with E-state index in [1.54, 1.807) is 12.1 Å². The molecule has 2 aliphatic heterocycles. The van der Waals surface area contributed by atoms with Gasteiger partial charge >= 0.3 is 6.03 Å².